The van der Waals surface area contributed by atoms with Crippen molar-refractivity contribution in [1.82, 2.24) is 25.2 Å². The van der Waals surface area contributed by atoms with E-state index in [9.17, 15) is 9.59 Å². The fourth-order valence-corrected chi connectivity index (χ4v) is 4.29. The number of carbonyl (C=O) groups excluding carboxylic acids is 2. The smallest absolute Gasteiger partial charge is 0.410 e. The number of ether oxygens (including phenoxy) is 2. The molecule has 5 rings (SSSR count). The van der Waals surface area contributed by atoms with Crippen molar-refractivity contribution in [3.8, 4) is 11.8 Å². The van der Waals surface area contributed by atoms with E-state index in [4.69, 9.17) is 14.7 Å². The zero-order valence-electron chi connectivity index (χ0n) is 18.5. The first kappa shape index (κ1) is 21.5. The van der Waals surface area contributed by atoms with Crippen LogP contribution < -0.4 is 4.74 Å². The Labute approximate surface area is 195 Å². The molecule has 1 atom stereocenters. The van der Waals surface area contributed by atoms with Crippen LogP contribution in [0.1, 0.15) is 28.4 Å². The number of hydrogen-bond acceptors (Lipinski definition) is 7. The molecule has 1 saturated heterocycles. The molecule has 2 aromatic carbocycles. The summed E-state index contributed by atoms with van der Waals surface area (Å²) in [6, 6.07) is 12.4. The van der Waals surface area contributed by atoms with Crippen LogP contribution in [-0.2, 0) is 11.3 Å². The number of nitrogens with zero attached hydrogens (tertiary/aromatic N) is 5. The number of aromatic amines is 1. The highest BCUT2D eigenvalue weighted by molar-refractivity contribution is 5.98. The highest BCUT2D eigenvalue weighted by Crippen LogP contribution is 2.31. The maximum Gasteiger partial charge on any atom is 0.410 e. The summed E-state index contributed by atoms with van der Waals surface area (Å²) in [6.07, 6.45) is 1.41. The number of fused-ring (bicyclic) bond motifs is 2. The molecule has 172 valence electrons. The van der Waals surface area contributed by atoms with Gasteiger partial charge in [0.05, 0.1) is 23.8 Å². The van der Waals surface area contributed by atoms with E-state index in [-0.39, 0.29) is 18.4 Å². The lowest BCUT2D eigenvalue weighted by molar-refractivity contribution is 0.0815. The minimum atomic E-state index is -0.420. The molecule has 1 fully saturated rings. The van der Waals surface area contributed by atoms with Crippen LogP contribution in [-0.4, -0.2) is 63.5 Å². The van der Waals surface area contributed by atoms with Crippen LogP contribution in [0, 0.1) is 17.2 Å². The van der Waals surface area contributed by atoms with Crippen molar-refractivity contribution in [2.45, 2.75) is 13.5 Å². The summed E-state index contributed by atoms with van der Waals surface area (Å²) in [4.78, 5) is 28.9. The molecular weight excluding hydrogens is 436 g/mol. The Balaban J connectivity index is 1.20. The molecule has 2 aliphatic heterocycles. The molecule has 0 saturated carbocycles. The minimum Gasteiger partial charge on any atom is -0.493 e. The normalized spacial score (nSPS) is 16.8. The number of amides is 2. The van der Waals surface area contributed by atoms with Gasteiger partial charge in [-0.3, -0.25) is 9.89 Å². The third kappa shape index (κ3) is 4.03. The number of aromatic nitrogens is 3. The fraction of sp³-hybridized carbons (Fsp3) is 0.292. The van der Waals surface area contributed by atoms with Gasteiger partial charge in [-0.15, -0.1) is 5.10 Å². The molecule has 3 heterocycles. The number of rotatable bonds is 5. The SMILES string of the molecule is CCOc1cc(C#N)ccc1COC(=O)N1CC2=CN(C(=O)c3ccc4[nH]nnc4c3)C[C@H]2C1. The Morgan fingerprint density at radius 2 is 2.12 bits per heavy atom. The molecule has 10 heteroatoms. The lowest BCUT2D eigenvalue weighted by Gasteiger charge is -2.20. The monoisotopic (exact) mass is 458 g/mol. The van der Waals surface area contributed by atoms with Crippen molar-refractivity contribution in [2.75, 3.05) is 26.2 Å². The zero-order valence-corrected chi connectivity index (χ0v) is 18.5. The lowest BCUT2D eigenvalue weighted by Crippen LogP contribution is -2.33. The van der Waals surface area contributed by atoms with Gasteiger partial charge in [0.1, 0.15) is 17.9 Å². The van der Waals surface area contributed by atoms with Gasteiger partial charge < -0.3 is 19.3 Å². The van der Waals surface area contributed by atoms with Crippen LogP contribution in [0.15, 0.2) is 48.2 Å². The summed E-state index contributed by atoms with van der Waals surface area (Å²) >= 11 is 0. The number of carbonyl (C=O) groups is 2. The van der Waals surface area contributed by atoms with Gasteiger partial charge >= 0.3 is 6.09 Å². The van der Waals surface area contributed by atoms with E-state index < -0.39 is 6.09 Å². The van der Waals surface area contributed by atoms with E-state index >= 15 is 0 Å². The third-order valence-corrected chi connectivity index (χ3v) is 6.02. The van der Waals surface area contributed by atoms with Gasteiger partial charge in [0, 0.05) is 42.9 Å². The molecule has 0 aliphatic carbocycles. The molecule has 10 nitrogen and oxygen atoms in total. The summed E-state index contributed by atoms with van der Waals surface area (Å²) in [5.41, 5.74) is 4.17. The van der Waals surface area contributed by atoms with Crippen molar-refractivity contribution in [3.05, 3.63) is 64.9 Å². The Morgan fingerprint density at radius 1 is 1.24 bits per heavy atom. The Bertz CT molecular complexity index is 1340. The largest absolute Gasteiger partial charge is 0.493 e. The summed E-state index contributed by atoms with van der Waals surface area (Å²) < 4.78 is 11.1. The maximum absolute atomic E-state index is 12.9. The standard InChI is InChI=1S/C24H22N6O4/c1-2-33-22-7-15(9-25)3-4-17(22)14-34-24(32)30-12-18-10-29(11-19(18)13-30)23(31)16-5-6-20-21(8-16)27-28-26-20/h3-8,10,19H,2,11-14H2,1H3,(H,26,27,28)/t19-/m0/s1. The number of nitrogens with one attached hydrogen (secondary N) is 1. The van der Waals surface area contributed by atoms with E-state index in [1.165, 1.54) is 0 Å². The third-order valence-electron chi connectivity index (χ3n) is 6.02. The Hall–Kier alpha value is -4.39. The maximum atomic E-state index is 12.9. The predicted octanol–water partition coefficient (Wildman–Crippen LogP) is 2.84. The van der Waals surface area contributed by atoms with Crippen molar-refractivity contribution in [1.29, 1.82) is 5.26 Å². The zero-order chi connectivity index (χ0) is 23.7. The van der Waals surface area contributed by atoms with E-state index in [1.54, 1.807) is 46.2 Å². The average molecular weight is 458 g/mol. The first-order valence-corrected chi connectivity index (χ1v) is 11.0. The molecule has 0 unspecified atom stereocenters. The number of likely N-dealkylation sites (tertiary alicyclic amines) is 1. The Morgan fingerprint density at radius 3 is 2.91 bits per heavy atom. The number of H-pyrrole nitrogens is 1. The van der Waals surface area contributed by atoms with Crippen molar-refractivity contribution < 1.29 is 19.1 Å². The second-order valence-electron chi connectivity index (χ2n) is 8.20. The van der Waals surface area contributed by atoms with Crippen LogP contribution in [0.25, 0.3) is 11.0 Å². The molecule has 1 aromatic heterocycles. The average Bonchev–Trinajstić information content (AvgIpc) is 3.57. The van der Waals surface area contributed by atoms with Crippen LogP contribution in [0.5, 0.6) is 5.75 Å². The van der Waals surface area contributed by atoms with Crippen molar-refractivity contribution in [3.63, 3.8) is 0 Å². The van der Waals surface area contributed by atoms with Gasteiger partial charge in [0.25, 0.3) is 5.91 Å². The molecule has 34 heavy (non-hydrogen) atoms. The summed E-state index contributed by atoms with van der Waals surface area (Å²) in [7, 11) is 0. The van der Waals surface area contributed by atoms with Gasteiger partial charge in [-0.2, -0.15) is 5.26 Å². The Kier molecular flexibility index (Phi) is 5.59. The number of benzene rings is 2. The minimum absolute atomic E-state index is 0.0508. The fourth-order valence-electron chi connectivity index (χ4n) is 4.29. The van der Waals surface area contributed by atoms with Crippen LogP contribution in [0.2, 0.25) is 0 Å². The van der Waals surface area contributed by atoms with E-state index in [0.29, 0.717) is 54.2 Å². The molecule has 0 radical (unpaired) electrons. The van der Waals surface area contributed by atoms with Crippen LogP contribution in [0.3, 0.4) is 0 Å². The van der Waals surface area contributed by atoms with Crippen molar-refractivity contribution >= 4 is 23.0 Å². The van der Waals surface area contributed by atoms with Gasteiger partial charge in [0.2, 0.25) is 0 Å². The van der Waals surface area contributed by atoms with Gasteiger partial charge in [0.15, 0.2) is 0 Å². The van der Waals surface area contributed by atoms with E-state index in [2.05, 4.69) is 21.5 Å². The van der Waals surface area contributed by atoms with Crippen LogP contribution >= 0.6 is 0 Å². The molecule has 0 bridgehead atoms. The van der Waals surface area contributed by atoms with Gasteiger partial charge in [-0.05, 0) is 42.8 Å². The van der Waals surface area contributed by atoms with Crippen LogP contribution in [0.4, 0.5) is 4.79 Å². The second-order valence-corrected chi connectivity index (χ2v) is 8.20. The molecule has 1 N–H and O–H groups in total. The van der Waals surface area contributed by atoms with E-state index in [0.717, 1.165) is 11.1 Å². The second kappa shape index (κ2) is 8.86. The summed E-state index contributed by atoms with van der Waals surface area (Å²) in [6.45, 7) is 3.77. The summed E-state index contributed by atoms with van der Waals surface area (Å²) in [5.74, 6) is 0.514. The molecule has 2 aliphatic rings. The topological polar surface area (TPSA) is 124 Å². The molecular formula is C24H22N6O4. The molecule has 3 aromatic rings. The number of hydrogen-bond donors (Lipinski definition) is 1. The van der Waals surface area contributed by atoms with Gasteiger partial charge in [-0.25, -0.2) is 4.79 Å². The quantitative estimate of drug-likeness (QED) is 0.623. The lowest BCUT2D eigenvalue weighted by atomic mass is 10.1. The summed E-state index contributed by atoms with van der Waals surface area (Å²) in [5, 5.41) is 19.6. The molecule has 2 amide bonds. The van der Waals surface area contributed by atoms with E-state index in [1.807, 2.05) is 13.1 Å². The highest BCUT2D eigenvalue weighted by atomic mass is 16.6. The van der Waals surface area contributed by atoms with Crippen molar-refractivity contribution in [2.24, 2.45) is 5.92 Å². The first-order valence-electron chi connectivity index (χ1n) is 11.0. The molecule has 0 spiro atoms. The number of nitriles is 1. The predicted molar refractivity (Wildman–Crippen MR) is 121 cm³/mol. The highest BCUT2D eigenvalue weighted by Gasteiger charge is 2.38. The van der Waals surface area contributed by atoms with Gasteiger partial charge in [-0.1, -0.05) is 11.3 Å². The first-order chi connectivity index (χ1) is 16.6.